The van der Waals surface area contributed by atoms with E-state index in [9.17, 15) is 0 Å². The van der Waals surface area contributed by atoms with Gasteiger partial charge < -0.3 is 0 Å². The summed E-state index contributed by atoms with van der Waals surface area (Å²) in [6.07, 6.45) is 8.21. The molecule has 0 amide bonds. The van der Waals surface area contributed by atoms with Gasteiger partial charge in [-0.1, -0.05) is 37.3 Å². The van der Waals surface area contributed by atoms with Gasteiger partial charge in [0.15, 0.2) is 0 Å². The average molecular weight is 197 g/mol. The molecule has 1 aliphatic heterocycles. The molecule has 0 saturated heterocycles. The second-order valence-electron chi connectivity index (χ2n) is 3.92. The first kappa shape index (κ1) is 10.9. The Hall–Kier alpha value is -0.165. The van der Waals surface area contributed by atoms with E-state index in [-0.39, 0.29) is 6.13 Å². The maximum absolute atomic E-state index is 6.17. The Morgan fingerprint density at radius 2 is 2.54 bits per heavy atom. The third kappa shape index (κ3) is 3.60. The summed E-state index contributed by atoms with van der Waals surface area (Å²) in [5.41, 5.74) is 1.56. The molecule has 0 aliphatic carbocycles. The van der Waals surface area contributed by atoms with E-state index in [2.05, 4.69) is 19.5 Å². The number of hydrogen-bond acceptors (Lipinski definition) is 0. The van der Waals surface area contributed by atoms with Crippen molar-refractivity contribution in [1.29, 1.82) is 0 Å². The van der Waals surface area contributed by atoms with Crippen LogP contribution in [0.1, 0.15) is 32.6 Å². The lowest BCUT2D eigenvalue weighted by Crippen LogP contribution is -2.16. The van der Waals surface area contributed by atoms with Crippen LogP contribution in [0, 0.1) is 5.92 Å². The molecule has 0 radical (unpaired) electrons. The van der Waals surface area contributed by atoms with Crippen LogP contribution < -0.4 is 0 Å². The highest BCUT2D eigenvalue weighted by molar-refractivity contribution is 7.10. The number of rotatable bonds is 4. The molecule has 2 heteroatoms. The molecule has 13 heavy (non-hydrogen) atoms. The minimum absolute atomic E-state index is 0.264. The van der Waals surface area contributed by atoms with Crippen LogP contribution in [0.4, 0.5) is 0 Å². The Kier molecular flexibility index (Phi) is 4.65. The van der Waals surface area contributed by atoms with Crippen LogP contribution in [-0.2, 0) is 0 Å². The van der Waals surface area contributed by atoms with Gasteiger partial charge in [-0.15, -0.1) is 6.58 Å². The standard InChI is InChI=1S/C11H18BCl/c1-3-5-10-7-11(6-4-2)9-12(13)8-10/h3,9-10H,1,4-8H2,2H3. The first-order valence-electron chi connectivity index (χ1n) is 5.20. The minimum atomic E-state index is 0.264. The molecule has 1 aliphatic rings. The first-order valence-corrected chi connectivity index (χ1v) is 5.64. The maximum atomic E-state index is 6.17. The lowest BCUT2D eigenvalue weighted by molar-refractivity contribution is 0.563. The molecule has 0 spiro atoms. The minimum Gasteiger partial charge on any atom is -0.190 e. The summed E-state index contributed by atoms with van der Waals surface area (Å²) in [7, 11) is 0. The molecule has 0 aromatic heterocycles. The van der Waals surface area contributed by atoms with Gasteiger partial charge in [0, 0.05) is 0 Å². The Morgan fingerprint density at radius 1 is 1.77 bits per heavy atom. The number of hydrogen-bond donors (Lipinski definition) is 0. The van der Waals surface area contributed by atoms with E-state index in [4.69, 9.17) is 11.5 Å². The average Bonchev–Trinajstić information content (AvgIpc) is 2.04. The van der Waals surface area contributed by atoms with Gasteiger partial charge in [-0.3, -0.25) is 0 Å². The van der Waals surface area contributed by atoms with Crippen molar-refractivity contribution >= 4 is 17.6 Å². The fourth-order valence-corrected chi connectivity index (χ4v) is 2.52. The van der Waals surface area contributed by atoms with Gasteiger partial charge in [0.1, 0.15) is 0 Å². The SMILES string of the molecule is C=CCC1CB(Cl)C=C(CCC)C1. The molecule has 0 fully saturated rings. The summed E-state index contributed by atoms with van der Waals surface area (Å²) in [6, 6.07) is 0. The van der Waals surface area contributed by atoms with Crippen LogP contribution in [0.25, 0.3) is 0 Å². The predicted octanol–water partition coefficient (Wildman–Crippen LogP) is 4.08. The van der Waals surface area contributed by atoms with Crippen LogP contribution in [0.2, 0.25) is 6.32 Å². The number of allylic oxidation sites excluding steroid dienone is 2. The van der Waals surface area contributed by atoms with E-state index in [0.717, 1.165) is 18.7 Å². The zero-order valence-corrected chi connectivity index (χ0v) is 9.19. The fraction of sp³-hybridized carbons (Fsp3) is 0.636. The molecule has 0 aromatic rings. The Bertz CT molecular complexity index is 198. The van der Waals surface area contributed by atoms with Gasteiger partial charge in [-0.25, -0.2) is 0 Å². The van der Waals surface area contributed by atoms with E-state index in [1.807, 2.05) is 6.08 Å². The van der Waals surface area contributed by atoms with Gasteiger partial charge in [0.25, 0.3) is 6.13 Å². The second kappa shape index (κ2) is 5.54. The molecule has 0 saturated carbocycles. The lowest BCUT2D eigenvalue weighted by Gasteiger charge is -2.23. The predicted molar refractivity (Wildman–Crippen MR) is 62.3 cm³/mol. The Morgan fingerprint density at radius 3 is 3.15 bits per heavy atom. The van der Waals surface area contributed by atoms with Gasteiger partial charge in [0.2, 0.25) is 0 Å². The zero-order chi connectivity index (χ0) is 9.68. The van der Waals surface area contributed by atoms with Gasteiger partial charge >= 0.3 is 0 Å². The van der Waals surface area contributed by atoms with Crippen LogP contribution in [0.15, 0.2) is 24.2 Å². The third-order valence-corrected chi connectivity index (χ3v) is 2.90. The van der Waals surface area contributed by atoms with Gasteiger partial charge in [0.05, 0.1) is 0 Å². The smallest absolute Gasteiger partial charge is 0.190 e. The van der Waals surface area contributed by atoms with E-state index in [1.54, 1.807) is 5.57 Å². The van der Waals surface area contributed by atoms with E-state index in [0.29, 0.717) is 0 Å². The fourth-order valence-electron chi connectivity index (χ4n) is 2.09. The van der Waals surface area contributed by atoms with Crippen LogP contribution in [-0.4, -0.2) is 6.13 Å². The molecule has 72 valence electrons. The van der Waals surface area contributed by atoms with E-state index >= 15 is 0 Å². The molecular formula is C11H18BCl. The quantitative estimate of drug-likeness (QED) is 0.470. The largest absolute Gasteiger partial charge is 0.275 e. The van der Waals surface area contributed by atoms with Crippen LogP contribution >= 0.6 is 11.5 Å². The molecule has 1 rings (SSSR count). The summed E-state index contributed by atoms with van der Waals surface area (Å²) < 4.78 is 0. The zero-order valence-electron chi connectivity index (χ0n) is 8.43. The summed E-state index contributed by atoms with van der Waals surface area (Å²) >= 11 is 6.17. The molecule has 0 aromatic carbocycles. The summed E-state index contributed by atoms with van der Waals surface area (Å²) in [5.74, 6) is 3.00. The summed E-state index contributed by atoms with van der Waals surface area (Å²) in [6.45, 7) is 6.01. The van der Waals surface area contributed by atoms with Gasteiger partial charge in [-0.05, 0) is 25.2 Å². The van der Waals surface area contributed by atoms with Crippen molar-refractivity contribution in [3.8, 4) is 0 Å². The third-order valence-electron chi connectivity index (χ3n) is 2.60. The van der Waals surface area contributed by atoms with Crippen molar-refractivity contribution in [1.82, 2.24) is 0 Å². The molecule has 0 nitrogen and oxygen atoms in total. The summed E-state index contributed by atoms with van der Waals surface area (Å²) in [4.78, 5) is 0. The van der Waals surface area contributed by atoms with Crippen molar-refractivity contribution in [3.63, 3.8) is 0 Å². The van der Waals surface area contributed by atoms with Gasteiger partial charge in [-0.2, -0.15) is 11.5 Å². The van der Waals surface area contributed by atoms with Crippen LogP contribution in [0.5, 0.6) is 0 Å². The maximum Gasteiger partial charge on any atom is 0.275 e. The highest BCUT2D eigenvalue weighted by Gasteiger charge is 2.22. The topological polar surface area (TPSA) is 0 Å². The first-order chi connectivity index (χ1) is 6.26. The highest BCUT2D eigenvalue weighted by atomic mass is 35.5. The molecular weight excluding hydrogens is 178 g/mol. The van der Waals surface area contributed by atoms with Crippen molar-refractivity contribution in [2.45, 2.75) is 38.9 Å². The number of halogens is 1. The highest BCUT2D eigenvalue weighted by Crippen LogP contribution is 2.30. The van der Waals surface area contributed by atoms with Crippen molar-refractivity contribution in [3.05, 3.63) is 24.2 Å². The lowest BCUT2D eigenvalue weighted by atomic mass is 9.60. The van der Waals surface area contributed by atoms with Crippen molar-refractivity contribution < 1.29 is 0 Å². The second-order valence-corrected chi connectivity index (χ2v) is 4.48. The van der Waals surface area contributed by atoms with Crippen LogP contribution in [0.3, 0.4) is 0 Å². The molecule has 1 heterocycles. The monoisotopic (exact) mass is 196 g/mol. The van der Waals surface area contributed by atoms with E-state index in [1.165, 1.54) is 19.3 Å². The normalized spacial score (nSPS) is 22.8. The molecule has 1 atom stereocenters. The molecule has 0 bridgehead atoms. The van der Waals surface area contributed by atoms with Crippen molar-refractivity contribution in [2.75, 3.05) is 0 Å². The Labute approximate surface area is 87.0 Å². The Balaban J connectivity index is 2.50. The molecule has 0 N–H and O–H groups in total. The van der Waals surface area contributed by atoms with E-state index < -0.39 is 0 Å². The summed E-state index contributed by atoms with van der Waals surface area (Å²) in [5, 5.41) is 0. The molecule has 1 unspecified atom stereocenters. The van der Waals surface area contributed by atoms with Crippen molar-refractivity contribution in [2.24, 2.45) is 5.92 Å².